The molecule has 2 N–H and O–H groups in total. The smallest absolute Gasteiger partial charge is 0.283 e. The number of halogens is 2. The Morgan fingerprint density at radius 3 is 2.63 bits per heavy atom. The van der Waals surface area contributed by atoms with Gasteiger partial charge < -0.3 is 15.2 Å². The van der Waals surface area contributed by atoms with Gasteiger partial charge in [-0.05, 0) is 55.8 Å². The minimum Gasteiger partial charge on any atom is -0.466 e. The zero-order valence-electron chi connectivity index (χ0n) is 19.0. The van der Waals surface area contributed by atoms with Crippen molar-refractivity contribution < 1.29 is 18.3 Å². The fourth-order valence-electron chi connectivity index (χ4n) is 4.17. The first-order valence-corrected chi connectivity index (χ1v) is 10.9. The largest absolute Gasteiger partial charge is 0.466 e. The van der Waals surface area contributed by atoms with Crippen LogP contribution in [0.4, 0.5) is 8.78 Å². The van der Waals surface area contributed by atoms with E-state index >= 15 is 0 Å². The van der Waals surface area contributed by atoms with Crippen molar-refractivity contribution in [3.05, 3.63) is 90.1 Å². The Bertz CT molecular complexity index is 1460. The Morgan fingerprint density at radius 1 is 1.03 bits per heavy atom. The summed E-state index contributed by atoms with van der Waals surface area (Å²) in [4.78, 5) is 16.8. The number of benzene rings is 1. The van der Waals surface area contributed by atoms with Crippen molar-refractivity contribution in [2.45, 2.75) is 19.4 Å². The molecular weight excluding hydrogens is 452 g/mol. The Kier molecular flexibility index (Phi) is 5.60. The molecule has 1 atom stereocenters. The van der Waals surface area contributed by atoms with Crippen molar-refractivity contribution in [1.82, 2.24) is 15.0 Å². The molecule has 4 aromatic rings. The van der Waals surface area contributed by atoms with Gasteiger partial charge in [-0.1, -0.05) is 6.07 Å². The number of hydrogen-bond acceptors (Lipinski definition) is 6. The molecule has 7 nitrogen and oxygen atoms in total. The second-order valence-electron chi connectivity index (χ2n) is 8.07. The van der Waals surface area contributed by atoms with Crippen LogP contribution in [0.3, 0.4) is 0 Å². The average Bonchev–Trinajstić information content (AvgIpc) is 2.84. The average molecular weight is 473 g/mol. The van der Waals surface area contributed by atoms with Crippen LogP contribution in [0.5, 0.6) is 11.5 Å². The van der Waals surface area contributed by atoms with Crippen molar-refractivity contribution in [2.24, 2.45) is 10.7 Å². The molecule has 176 valence electrons. The minimum absolute atomic E-state index is 0.0162. The van der Waals surface area contributed by atoms with E-state index < -0.39 is 17.3 Å². The Labute approximate surface area is 200 Å². The van der Waals surface area contributed by atoms with E-state index in [1.54, 1.807) is 49.5 Å². The summed E-state index contributed by atoms with van der Waals surface area (Å²) in [6.07, 6.45) is 5.59. The lowest BCUT2D eigenvalue weighted by molar-refractivity contribution is 0.312. The highest BCUT2D eigenvalue weighted by atomic mass is 19.1. The lowest BCUT2D eigenvalue weighted by atomic mass is 9.81. The predicted octanol–water partition coefficient (Wildman–Crippen LogP) is 5.20. The van der Waals surface area contributed by atoms with Crippen LogP contribution in [-0.4, -0.2) is 27.6 Å². The van der Waals surface area contributed by atoms with Gasteiger partial charge in [0.05, 0.1) is 24.7 Å². The molecule has 0 aliphatic carbocycles. The summed E-state index contributed by atoms with van der Waals surface area (Å²) in [6.45, 7) is 3.99. The normalized spacial score (nSPS) is 16.7. The second-order valence-corrected chi connectivity index (χ2v) is 8.07. The molecule has 9 heteroatoms. The van der Waals surface area contributed by atoms with Crippen LogP contribution < -0.4 is 10.5 Å². The summed E-state index contributed by atoms with van der Waals surface area (Å²) in [6, 6.07) is 11.7. The molecular formula is C26H21F2N5O2. The molecule has 4 heterocycles. The summed E-state index contributed by atoms with van der Waals surface area (Å²) in [5.74, 6) is -0.0913. The first-order valence-electron chi connectivity index (χ1n) is 10.9. The van der Waals surface area contributed by atoms with Crippen molar-refractivity contribution in [2.75, 3.05) is 6.61 Å². The number of ether oxygens (including phenoxy) is 2. The van der Waals surface area contributed by atoms with Crippen LogP contribution in [0.2, 0.25) is 0 Å². The number of fused-ring (bicyclic) bond motifs is 2. The summed E-state index contributed by atoms with van der Waals surface area (Å²) in [7, 11) is 0. The fraction of sp³-hybridized carbons (Fsp3) is 0.154. The number of nitrogens with two attached hydrogens (primary N) is 1. The van der Waals surface area contributed by atoms with Crippen molar-refractivity contribution >= 4 is 6.02 Å². The number of nitrogens with zero attached hydrogens (tertiary/aromatic N) is 4. The minimum atomic E-state index is -1.09. The molecule has 1 aromatic carbocycles. The van der Waals surface area contributed by atoms with Crippen molar-refractivity contribution in [3.8, 4) is 33.9 Å². The zero-order valence-corrected chi connectivity index (χ0v) is 19.0. The van der Waals surface area contributed by atoms with Crippen LogP contribution in [0.15, 0.2) is 72.2 Å². The first-order chi connectivity index (χ1) is 16.9. The molecule has 35 heavy (non-hydrogen) atoms. The zero-order chi connectivity index (χ0) is 24.6. The van der Waals surface area contributed by atoms with Crippen molar-refractivity contribution in [1.29, 1.82) is 0 Å². The second kappa shape index (κ2) is 8.75. The van der Waals surface area contributed by atoms with Gasteiger partial charge in [-0.25, -0.2) is 14.4 Å². The molecule has 3 aromatic heterocycles. The quantitative estimate of drug-likeness (QED) is 0.249. The van der Waals surface area contributed by atoms with Gasteiger partial charge in [0, 0.05) is 34.6 Å². The summed E-state index contributed by atoms with van der Waals surface area (Å²) >= 11 is 0. The van der Waals surface area contributed by atoms with E-state index in [1.807, 2.05) is 6.92 Å². The third-order valence-electron chi connectivity index (χ3n) is 5.81. The van der Waals surface area contributed by atoms with Gasteiger partial charge in [-0.3, -0.25) is 9.97 Å². The van der Waals surface area contributed by atoms with Gasteiger partial charge in [0.25, 0.3) is 6.02 Å². The van der Waals surface area contributed by atoms with E-state index in [0.717, 1.165) is 6.20 Å². The fourth-order valence-corrected chi connectivity index (χ4v) is 4.17. The Hall–Kier alpha value is -4.40. The number of rotatable bonds is 4. The van der Waals surface area contributed by atoms with Gasteiger partial charge in [0.15, 0.2) is 5.75 Å². The molecule has 0 fully saturated rings. The number of pyridine rings is 3. The number of aromatic nitrogens is 3. The topological polar surface area (TPSA) is 95.5 Å². The van der Waals surface area contributed by atoms with Crippen molar-refractivity contribution in [3.63, 3.8) is 0 Å². The van der Waals surface area contributed by atoms with Crippen LogP contribution in [0, 0.1) is 11.8 Å². The summed E-state index contributed by atoms with van der Waals surface area (Å²) in [5.41, 5.74) is 8.19. The molecule has 1 aliphatic rings. The van der Waals surface area contributed by atoms with Crippen LogP contribution >= 0.6 is 0 Å². The third kappa shape index (κ3) is 4.05. The highest BCUT2D eigenvalue weighted by Gasteiger charge is 2.40. The van der Waals surface area contributed by atoms with E-state index in [1.165, 1.54) is 18.5 Å². The van der Waals surface area contributed by atoms with E-state index in [9.17, 15) is 8.78 Å². The van der Waals surface area contributed by atoms with Crippen LogP contribution in [0.25, 0.3) is 22.4 Å². The number of amidine groups is 1. The highest BCUT2D eigenvalue weighted by Crippen LogP contribution is 2.50. The molecule has 5 rings (SSSR count). The SMILES string of the molecule is CCO/C(N)=N\[C@@]1(C)c2cc(-c3cccnc3F)ccc2Oc2cnc(-c3cncc(F)c3)cc21. The Balaban J connectivity index is 1.72. The molecule has 0 amide bonds. The summed E-state index contributed by atoms with van der Waals surface area (Å²) in [5, 5.41) is 0. The molecule has 0 unspecified atom stereocenters. The first kappa shape index (κ1) is 22.4. The van der Waals surface area contributed by atoms with Gasteiger partial charge >= 0.3 is 0 Å². The number of hydrogen-bond donors (Lipinski definition) is 1. The molecule has 0 saturated carbocycles. The maximum atomic E-state index is 14.5. The van der Waals surface area contributed by atoms with E-state index in [2.05, 4.69) is 15.0 Å². The van der Waals surface area contributed by atoms with Crippen LogP contribution in [-0.2, 0) is 10.3 Å². The molecule has 0 radical (unpaired) electrons. The summed E-state index contributed by atoms with van der Waals surface area (Å²) < 4.78 is 39.9. The third-order valence-corrected chi connectivity index (χ3v) is 5.81. The molecule has 0 bridgehead atoms. The van der Waals surface area contributed by atoms with E-state index in [0.29, 0.717) is 51.6 Å². The highest BCUT2D eigenvalue weighted by molar-refractivity contribution is 5.75. The monoisotopic (exact) mass is 473 g/mol. The van der Waals surface area contributed by atoms with E-state index in [4.69, 9.17) is 20.2 Å². The lowest BCUT2D eigenvalue weighted by Crippen LogP contribution is -2.30. The maximum Gasteiger partial charge on any atom is 0.283 e. The Morgan fingerprint density at radius 2 is 1.86 bits per heavy atom. The van der Waals surface area contributed by atoms with Gasteiger partial charge in [0.1, 0.15) is 17.1 Å². The molecule has 0 spiro atoms. The molecule has 1 aliphatic heterocycles. The van der Waals surface area contributed by atoms with E-state index in [-0.39, 0.29) is 6.02 Å². The van der Waals surface area contributed by atoms with Gasteiger partial charge in [0.2, 0.25) is 5.95 Å². The lowest BCUT2D eigenvalue weighted by Gasteiger charge is -2.35. The predicted molar refractivity (Wildman–Crippen MR) is 127 cm³/mol. The number of aliphatic imine (C=N–C) groups is 1. The molecule has 0 saturated heterocycles. The maximum absolute atomic E-state index is 14.5. The van der Waals surface area contributed by atoms with Gasteiger partial charge in [-0.2, -0.15) is 4.39 Å². The standard InChI is InChI=1S/C26H21F2N5O2/c1-3-34-25(29)33-26(2)19-10-15(18-5-4-8-31-24(18)28)6-7-22(19)35-23-14-32-21(11-20(23)26)16-9-17(27)13-30-12-16/h4-14H,3H2,1-2H3,(H2,29,33)/t26-/m0/s1. The van der Waals surface area contributed by atoms with Crippen LogP contribution in [0.1, 0.15) is 25.0 Å². The van der Waals surface area contributed by atoms with Gasteiger partial charge in [-0.15, -0.1) is 0 Å².